The quantitative estimate of drug-likeness (QED) is 0.114. The minimum absolute atomic E-state index is 0. The molecule has 10 heteroatoms. The van der Waals surface area contributed by atoms with Crippen molar-refractivity contribution in [1.29, 1.82) is 0 Å². The molecular weight excluding hydrogens is 688 g/mol. The first-order valence-corrected chi connectivity index (χ1v) is 12.1. The first-order valence-electron chi connectivity index (χ1n) is 12.1. The summed E-state index contributed by atoms with van der Waals surface area (Å²) in [6.07, 6.45) is 8.74. The van der Waals surface area contributed by atoms with E-state index in [9.17, 15) is 0 Å². The molecule has 2 aromatic heterocycles. The first-order chi connectivity index (χ1) is 16.9. The van der Waals surface area contributed by atoms with Crippen molar-refractivity contribution in [3.05, 3.63) is 106 Å². The summed E-state index contributed by atoms with van der Waals surface area (Å²) in [6.45, 7) is 12.9. The Morgan fingerprint density at radius 3 is 1.12 bits per heavy atom. The summed E-state index contributed by atoms with van der Waals surface area (Å²) in [5.74, 6) is 1.86. The van der Waals surface area contributed by atoms with E-state index in [4.69, 9.17) is 0 Å². The smallest absolute Gasteiger partial charge is 0.327 e. The van der Waals surface area contributed by atoms with Crippen molar-refractivity contribution in [2.45, 2.75) is 48.0 Å². The Labute approximate surface area is 289 Å². The summed E-state index contributed by atoms with van der Waals surface area (Å²) >= 11 is 0. The van der Waals surface area contributed by atoms with Crippen LogP contribution in [0.1, 0.15) is 47.2 Å². The fourth-order valence-corrected chi connectivity index (χ4v) is 5.04. The zero-order chi connectivity index (χ0) is 24.9. The summed E-state index contributed by atoms with van der Waals surface area (Å²) in [5, 5.41) is 0. The van der Waals surface area contributed by atoms with Crippen molar-refractivity contribution in [1.82, 2.24) is 19.1 Å². The van der Waals surface area contributed by atoms with Gasteiger partial charge >= 0.3 is 11.6 Å². The van der Waals surface area contributed by atoms with Crippen LogP contribution >= 0.6 is 0 Å². The zero-order valence-electron chi connectivity index (χ0n) is 23.7. The minimum Gasteiger partial charge on any atom is -1.00 e. The Kier molecular flexibility index (Phi) is 21.5. The Morgan fingerprint density at radius 2 is 0.878 bits per heavy atom. The summed E-state index contributed by atoms with van der Waals surface area (Å²) < 4.78 is 4.34. The maximum atomic E-state index is 4.55. The van der Waals surface area contributed by atoms with Crippen molar-refractivity contribution in [2.24, 2.45) is 0 Å². The molecule has 0 aliphatic carbocycles. The molecule has 228 valence electrons. The maximum Gasteiger partial charge on any atom is 0.327 e. The normalized spacial score (nSPS) is 10.4. The van der Waals surface area contributed by atoms with E-state index in [1.807, 2.05) is 48.8 Å². The molecule has 0 aliphatic heterocycles. The van der Waals surface area contributed by atoms with Crippen molar-refractivity contribution >= 4 is 35.4 Å². The SMILES string of the molecule is CC=[N+](c1ccccn1)c1c(C)cc(Cc2cc(C)c([N+](=CC)c3ccccn3)c(C)c2)cc1C.[Cl-].[Cl-].[Cl-].[Cl-].[Ni].[Ni]. The molecule has 0 fully saturated rings. The molecule has 0 saturated heterocycles. The second kappa shape index (κ2) is 20.2. The van der Waals surface area contributed by atoms with E-state index in [0.717, 1.165) is 18.1 Å². The predicted molar refractivity (Wildman–Crippen MR) is 149 cm³/mol. The van der Waals surface area contributed by atoms with Crippen LogP contribution in [0.5, 0.6) is 0 Å². The average Bonchev–Trinajstić information content (AvgIpc) is 2.84. The van der Waals surface area contributed by atoms with Crippen molar-refractivity contribution < 1.29 is 82.6 Å². The fraction of sp³-hybridized carbons (Fsp3) is 0.226. The number of benzene rings is 2. The van der Waals surface area contributed by atoms with E-state index in [2.05, 4.69) is 97.4 Å². The molecule has 4 nitrogen and oxygen atoms in total. The monoisotopic (exact) mass is 718 g/mol. The third-order valence-corrected chi connectivity index (χ3v) is 6.30. The molecule has 4 aromatic rings. The molecule has 0 amide bonds. The Morgan fingerprint density at radius 1 is 0.561 bits per heavy atom. The molecule has 0 N–H and O–H groups in total. The molecule has 0 spiro atoms. The molecule has 4 rings (SSSR count). The summed E-state index contributed by atoms with van der Waals surface area (Å²) in [6, 6.07) is 21.3. The van der Waals surface area contributed by atoms with Gasteiger partial charge in [-0.05, 0) is 103 Å². The van der Waals surface area contributed by atoms with E-state index in [1.165, 1.54) is 44.8 Å². The first kappa shape index (κ1) is 43.7. The maximum absolute atomic E-state index is 4.55. The van der Waals surface area contributed by atoms with E-state index >= 15 is 0 Å². The Bertz CT molecular complexity index is 1280. The third-order valence-electron chi connectivity index (χ3n) is 6.30. The molecule has 0 radical (unpaired) electrons. The molecule has 0 unspecified atom stereocenters. The van der Waals surface area contributed by atoms with Crippen LogP contribution in [0, 0.1) is 27.7 Å². The largest absolute Gasteiger partial charge is 1.00 e. The number of hydrogen-bond donors (Lipinski definition) is 0. The number of aromatic nitrogens is 2. The van der Waals surface area contributed by atoms with Crippen LogP contribution < -0.4 is 58.8 Å². The van der Waals surface area contributed by atoms with E-state index in [0.29, 0.717) is 0 Å². The standard InChI is InChI=1S/C31H34N4.4ClH.2Ni/c1-7-34(28-13-9-11-15-32-28)30-22(3)17-26(18-23(30)4)21-27-19-24(5)31(25(6)20-27)35(8-2)29-14-10-12-16-33-29;;;;;;/h7-20H,21H2,1-6H3;4*1H;;/q+2;;;;;;/p-4. The third kappa shape index (κ3) is 10.2. The molecule has 0 saturated carbocycles. The van der Waals surface area contributed by atoms with Gasteiger partial charge in [0, 0.05) is 45.1 Å². The van der Waals surface area contributed by atoms with E-state index in [-0.39, 0.29) is 82.6 Å². The predicted octanol–water partition coefficient (Wildman–Crippen LogP) is -4.84. The number of pyridine rings is 2. The van der Waals surface area contributed by atoms with E-state index in [1.54, 1.807) is 0 Å². The van der Waals surface area contributed by atoms with Crippen LogP contribution in [0.25, 0.3) is 0 Å². The van der Waals surface area contributed by atoms with Gasteiger partial charge in [-0.25, -0.2) is 9.15 Å². The summed E-state index contributed by atoms with van der Waals surface area (Å²) in [5.41, 5.74) is 10.0. The second-order valence-corrected chi connectivity index (χ2v) is 8.97. The number of aryl methyl sites for hydroxylation is 4. The molecule has 0 atom stereocenters. The topological polar surface area (TPSA) is 31.8 Å². The number of halogens is 4. The van der Waals surface area contributed by atoms with Crippen LogP contribution in [0.15, 0.2) is 73.1 Å². The molecular formula is C31H34Cl4N4Ni2-2. The zero-order valence-corrected chi connectivity index (χ0v) is 28.7. The number of rotatable bonds is 6. The average molecular weight is 722 g/mol. The van der Waals surface area contributed by atoms with Crippen molar-refractivity contribution in [2.75, 3.05) is 0 Å². The summed E-state index contributed by atoms with van der Waals surface area (Å²) in [4.78, 5) is 9.11. The Hall–Kier alpha value is -1.77. The fourth-order valence-electron chi connectivity index (χ4n) is 5.04. The van der Waals surface area contributed by atoms with Crippen LogP contribution in [0.2, 0.25) is 0 Å². The molecule has 2 heterocycles. The van der Waals surface area contributed by atoms with Crippen LogP contribution in [-0.4, -0.2) is 22.4 Å². The number of nitrogens with zero attached hydrogens (tertiary/aromatic N) is 4. The van der Waals surface area contributed by atoms with Crippen molar-refractivity contribution in [3.63, 3.8) is 0 Å². The van der Waals surface area contributed by atoms with Gasteiger partial charge in [0.1, 0.15) is 23.8 Å². The van der Waals surface area contributed by atoms with Gasteiger partial charge in [-0.2, -0.15) is 0 Å². The van der Waals surface area contributed by atoms with E-state index < -0.39 is 0 Å². The van der Waals surface area contributed by atoms with Gasteiger partial charge in [-0.3, -0.25) is 0 Å². The molecule has 0 bridgehead atoms. The molecule has 2 aromatic carbocycles. The van der Waals surface area contributed by atoms with Gasteiger partial charge < -0.3 is 49.6 Å². The van der Waals surface area contributed by atoms with Crippen LogP contribution in [0.3, 0.4) is 0 Å². The number of hydrogen-bond acceptors (Lipinski definition) is 2. The molecule has 0 aliphatic rings. The van der Waals surface area contributed by atoms with Gasteiger partial charge in [0.05, 0.1) is 12.4 Å². The van der Waals surface area contributed by atoms with Gasteiger partial charge in [0.25, 0.3) is 0 Å². The van der Waals surface area contributed by atoms with Crippen LogP contribution in [-0.2, 0) is 39.4 Å². The minimum atomic E-state index is 0. The van der Waals surface area contributed by atoms with Gasteiger partial charge in [0.2, 0.25) is 0 Å². The van der Waals surface area contributed by atoms with Crippen LogP contribution in [0.4, 0.5) is 23.0 Å². The summed E-state index contributed by atoms with van der Waals surface area (Å²) in [7, 11) is 0. The van der Waals surface area contributed by atoms with Gasteiger partial charge in [-0.15, -0.1) is 0 Å². The second-order valence-electron chi connectivity index (χ2n) is 8.97. The Balaban J connectivity index is -0.00000241. The molecule has 41 heavy (non-hydrogen) atoms. The van der Waals surface area contributed by atoms with Gasteiger partial charge in [-0.1, -0.05) is 36.4 Å². The van der Waals surface area contributed by atoms with Gasteiger partial charge in [0.15, 0.2) is 0 Å². The van der Waals surface area contributed by atoms with Crippen molar-refractivity contribution in [3.8, 4) is 0 Å².